The number of esters is 1. The predicted molar refractivity (Wildman–Crippen MR) is 207 cm³/mol. The van der Waals surface area contributed by atoms with Gasteiger partial charge in [0.25, 0.3) is 0 Å². The molecular formula is C45H48O7. The molecule has 0 saturated heterocycles. The van der Waals surface area contributed by atoms with Gasteiger partial charge in [0.05, 0.1) is 48.1 Å². The molecule has 52 heavy (non-hydrogen) atoms. The van der Waals surface area contributed by atoms with E-state index in [1.54, 1.807) is 35.5 Å². The van der Waals surface area contributed by atoms with Crippen molar-refractivity contribution >= 4 is 5.97 Å². The lowest BCUT2D eigenvalue weighted by Gasteiger charge is -2.26. The molecule has 1 aliphatic carbocycles. The van der Waals surface area contributed by atoms with Crippen molar-refractivity contribution in [3.8, 4) is 73.3 Å². The first-order valence-electron chi connectivity index (χ1n) is 17.7. The van der Waals surface area contributed by atoms with E-state index >= 15 is 0 Å². The highest BCUT2D eigenvalue weighted by atomic mass is 16.5. The molecule has 0 spiro atoms. The molecule has 0 atom stereocenters. The van der Waals surface area contributed by atoms with Gasteiger partial charge in [0, 0.05) is 44.5 Å². The SMILES string of the molecule is CCOC(=O)C1Cc2cccc(c2OC)-c2cccc(c2OC)-c2cc(C(C)(C)C)cc(c2OC)-c2cccc(c2OC)-c2cccc(c2OC)C1. The standard InChI is InChI=1S/C45H48O7/c1-10-52-44(46)29-23-27-15-11-17-31(39(27)47-5)33-19-13-21-35(41(33)49-7)37-25-30(45(2,3)4)26-38(43(37)51-9)36-22-14-20-34(42(36)50-8)32-18-12-16-28(24-29)40(32)48-6/h11-22,25-26,29H,10,23-24H2,1-9H3. The molecule has 0 N–H and O–H groups in total. The Morgan fingerprint density at radius 3 is 1.21 bits per heavy atom. The first-order chi connectivity index (χ1) is 25.1. The monoisotopic (exact) mass is 700 g/mol. The fraction of sp³-hybridized carbons (Fsp3) is 0.311. The van der Waals surface area contributed by atoms with Gasteiger partial charge in [-0.1, -0.05) is 93.6 Å². The summed E-state index contributed by atoms with van der Waals surface area (Å²) in [7, 11) is 8.42. The van der Waals surface area contributed by atoms with Crippen LogP contribution in [-0.4, -0.2) is 48.1 Å². The molecule has 0 aromatic heterocycles. The van der Waals surface area contributed by atoms with Gasteiger partial charge in [-0.25, -0.2) is 0 Å². The number of benzene rings is 5. The summed E-state index contributed by atoms with van der Waals surface area (Å²) in [6, 6.07) is 28.7. The Morgan fingerprint density at radius 2 is 0.865 bits per heavy atom. The van der Waals surface area contributed by atoms with Gasteiger partial charge < -0.3 is 28.4 Å². The van der Waals surface area contributed by atoms with Crippen LogP contribution < -0.4 is 23.7 Å². The Kier molecular flexibility index (Phi) is 10.5. The van der Waals surface area contributed by atoms with Crippen LogP contribution in [0.1, 0.15) is 44.4 Å². The molecule has 7 heteroatoms. The van der Waals surface area contributed by atoms with Gasteiger partial charge in [-0.05, 0) is 54.0 Å². The Bertz CT molecular complexity index is 1980. The third-order valence-corrected chi connectivity index (χ3v) is 9.91. The number of ether oxygens (including phenoxy) is 6. The topological polar surface area (TPSA) is 72.5 Å². The zero-order valence-electron chi connectivity index (χ0n) is 31.6. The number of hydrogen-bond acceptors (Lipinski definition) is 7. The van der Waals surface area contributed by atoms with Crippen molar-refractivity contribution in [3.05, 3.63) is 102 Å². The van der Waals surface area contributed by atoms with E-state index in [1.165, 1.54) is 0 Å². The van der Waals surface area contributed by atoms with Crippen molar-refractivity contribution in [1.82, 2.24) is 0 Å². The van der Waals surface area contributed by atoms with Crippen LogP contribution in [0.5, 0.6) is 28.7 Å². The van der Waals surface area contributed by atoms with Crippen molar-refractivity contribution in [2.24, 2.45) is 5.92 Å². The third kappa shape index (κ3) is 6.56. The Balaban J connectivity index is 1.79. The summed E-state index contributed by atoms with van der Waals surface area (Å²) >= 11 is 0. The molecule has 0 radical (unpaired) electrons. The van der Waals surface area contributed by atoms with E-state index in [0.717, 1.165) is 61.2 Å². The average Bonchev–Trinajstić information content (AvgIpc) is 3.15. The molecule has 0 fully saturated rings. The second-order valence-electron chi connectivity index (χ2n) is 14.0. The number of methoxy groups -OCH3 is 5. The Labute approximate surface area is 307 Å². The Morgan fingerprint density at radius 1 is 0.538 bits per heavy atom. The normalized spacial score (nSPS) is 12.6. The van der Waals surface area contributed by atoms with Crippen molar-refractivity contribution in [3.63, 3.8) is 0 Å². The van der Waals surface area contributed by atoms with E-state index in [0.29, 0.717) is 41.6 Å². The van der Waals surface area contributed by atoms with E-state index in [-0.39, 0.29) is 18.0 Å². The zero-order chi connectivity index (χ0) is 37.2. The molecule has 0 aliphatic heterocycles. The molecule has 0 saturated carbocycles. The fourth-order valence-electron chi connectivity index (χ4n) is 7.47. The zero-order valence-corrected chi connectivity index (χ0v) is 31.6. The minimum absolute atomic E-state index is 0.201. The maximum atomic E-state index is 13.7. The average molecular weight is 701 g/mol. The van der Waals surface area contributed by atoms with Crippen LogP contribution in [0.15, 0.2) is 84.9 Å². The predicted octanol–water partition coefficient (Wildman–Crippen LogP) is 9.97. The van der Waals surface area contributed by atoms with Gasteiger partial charge in [0.2, 0.25) is 0 Å². The van der Waals surface area contributed by atoms with Gasteiger partial charge in [0.1, 0.15) is 28.7 Å². The van der Waals surface area contributed by atoms with E-state index in [1.807, 2.05) is 67.6 Å². The number of rotatable bonds is 7. The quantitative estimate of drug-likeness (QED) is 0.157. The summed E-state index contributed by atoms with van der Waals surface area (Å²) in [6.45, 7) is 8.72. The number of hydrogen-bond donors (Lipinski definition) is 0. The van der Waals surface area contributed by atoms with Crippen LogP contribution in [0.25, 0.3) is 44.5 Å². The number of carbonyl (C=O) groups is 1. The first-order valence-corrected chi connectivity index (χ1v) is 17.7. The smallest absolute Gasteiger partial charge is 0.309 e. The summed E-state index contributed by atoms with van der Waals surface area (Å²) in [5.74, 6) is 2.59. The lowest BCUT2D eigenvalue weighted by atomic mass is 9.81. The van der Waals surface area contributed by atoms with Gasteiger partial charge >= 0.3 is 5.97 Å². The molecule has 1 aliphatic rings. The lowest BCUT2D eigenvalue weighted by molar-refractivity contribution is -0.148. The number of fused-ring (bicyclic) bond motifs is 14. The van der Waals surface area contributed by atoms with Crippen LogP contribution >= 0.6 is 0 Å². The maximum absolute atomic E-state index is 13.7. The van der Waals surface area contributed by atoms with E-state index in [4.69, 9.17) is 28.4 Å². The van der Waals surface area contributed by atoms with Crippen molar-refractivity contribution in [2.45, 2.75) is 46.0 Å². The molecule has 5 aromatic carbocycles. The number of carbonyl (C=O) groups excluding carboxylic acids is 1. The van der Waals surface area contributed by atoms with Crippen LogP contribution in [0, 0.1) is 5.92 Å². The lowest BCUT2D eigenvalue weighted by Crippen LogP contribution is -2.23. The summed E-state index contributed by atoms with van der Waals surface area (Å²) in [6.07, 6.45) is 0.768. The van der Waals surface area contributed by atoms with Gasteiger partial charge in [-0.2, -0.15) is 0 Å². The highest BCUT2D eigenvalue weighted by molar-refractivity contribution is 5.94. The van der Waals surface area contributed by atoms with Crippen molar-refractivity contribution in [1.29, 1.82) is 0 Å². The summed E-state index contributed by atoms with van der Waals surface area (Å²) in [5.41, 5.74) is 9.59. The molecule has 5 aromatic rings. The molecule has 0 amide bonds. The molecule has 6 rings (SSSR count). The highest BCUT2D eigenvalue weighted by Crippen LogP contribution is 2.52. The summed E-state index contributed by atoms with van der Waals surface area (Å²) in [4.78, 5) is 13.7. The molecule has 270 valence electrons. The Hall–Kier alpha value is -5.43. The molecule has 0 unspecified atom stereocenters. The molecule has 10 bridgehead atoms. The van der Waals surface area contributed by atoms with Crippen molar-refractivity contribution < 1.29 is 33.2 Å². The largest absolute Gasteiger partial charge is 0.496 e. The second kappa shape index (κ2) is 15.0. The molecule has 0 heterocycles. The third-order valence-electron chi connectivity index (χ3n) is 9.91. The van der Waals surface area contributed by atoms with E-state index in [2.05, 4.69) is 45.0 Å². The summed E-state index contributed by atoms with van der Waals surface area (Å²) < 4.78 is 36.9. The van der Waals surface area contributed by atoms with Gasteiger partial charge in [-0.15, -0.1) is 0 Å². The van der Waals surface area contributed by atoms with E-state index < -0.39 is 5.92 Å². The maximum Gasteiger partial charge on any atom is 0.309 e. The van der Waals surface area contributed by atoms with Gasteiger partial charge in [-0.3, -0.25) is 4.79 Å². The van der Waals surface area contributed by atoms with Gasteiger partial charge in [0.15, 0.2) is 0 Å². The van der Waals surface area contributed by atoms with Crippen LogP contribution in [0.2, 0.25) is 0 Å². The van der Waals surface area contributed by atoms with Crippen LogP contribution in [-0.2, 0) is 27.8 Å². The minimum Gasteiger partial charge on any atom is -0.496 e. The minimum atomic E-state index is -0.520. The highest BCUT2D eigenvalue weighted by Gasteiger charge is 2.30. The van der Waals surface area contributed by atoms with Crippen LogP contribution in [0.3, 0.4) is 0 Å². The molecular weight excluding hydrogens is 652 g/mol. The van der Waals surface area contributed by atoms with E-state index in [9.17, 15) is 4.79 Å². The van der Waals surface area contributed by atoms with Crippen molar-refractivity contribution in [2.75, 3.05) is 42.2 Å². The van der Waals surface area contributed by atoms with Crippen LogP contribution in [0.4, 0.5) is 0 Å². The summed E-state index contributed by atoms with van der Waals surface area (Å²) in [5, 5.41) is 0. The molecule has 7 nitrogen and oxygen atoms in total. The second-order valence-corrected chi connectivity index (χ2v) is 14.0. The first kappa shape index (κ1) is 36.4. The fourth-order valence-corrected chi connectivity index (χ4v) is 7.47. The number of para-hydroxylation sites is 4.